The average molecular weight is 538 g/mol. The van der Waals surface area contributed by atoms with Crippen LogP contribution in [0.1, 0.15) is 26.7 Å². The summed E-state index contributed by atoms with van der Waals surface area (Å²) >= 11 is 3.47. The van der Waals surface area contributed by atoms with Crippen molar-refractivity contribution in [2.75, 3.05) is 31.6 Å². The fourth-order valence-electron chi connectivity index (χ4n) is 2.84. The lowest BCUT2D eigenvalue weighted by Gasteiger charge is -2.20. The van der Waals surface area contributed by atoms with Crippen LogP contribution in [-0.2, 0) is 4.79 Å². The van der Waals surface area contributed by atoms with Crippen molar-refractivity contribution >= 4 is 57.5 Å². The van der Waals surface area contributed by atoms with Gasteiger partial charge in [-0.1, -0.05) is 15.9 Å². The first-order valence-electron chi connectivity index (χ1n) is 8.75. The quantitative estimate of drug-likeness (QED) is 0.296. The molecule has 1 aromatic carbocycles. The number of amides is 1. The maximum absolute atomic E-state index is 11.7. The van der Waals surface area contributed by atoms with E-state index in [0.29, 0.717) is 19.0 Å². The Morgan fingerprint density at radius 3 is 2.65 bits per heavy atom. The first kappa shape index (κ1) is 23.0. The van der Waals surface area contributed by atoms with E-state index in [-0.39, 0.29) is 35.9 Å². The summed E-state index contributed by atoms with van der Waals surface area (Å²) in [6, 6.07) is 8.92. The predicted molar refractivity (Wildman–Crippen MR) is 123 cm³/mol. The van der Waals surface area contributed by atoms with Crippen molar-refractivity contribution in [3.8, 4) is 0 Å². The topological polar surface area (TPSA) is 68.8 Å². The van der Waals surface area contributed by atoms with Gasteiger partial charge in [0.1, 0.15) is 0 Å². The Morgan fingerprint density at radius 2 is 2.04 bits per heavy atom. The van der Waals surface area contributed by atoms with E-state index in [1.807, 2.05) is 13.8 Å². The summed E-state index contributed by atoms with van der Waals surface area (Å²) in [6.45, 7) is 6.46. The molecule has 0 aliphatic carbocycles. The Balaban J connectivity index is 0.00000338. The first-order valence-corrected chi connectivity index (χ1v) is 9.54. The summed E-state index contributed by atoms with van der Waals surface area (Å²) in [5.74, 6) is 0.806. The Hall–Kier alpha value is -1.03. The van der Waals surface area contributed by atoms with Gasteiger partial charge in [0.2, 0.25) is 5.91 Å². The van der Waals surface area contributed by atoms with Gasteiger partial charge in [0.05, 0.1) is 0 Å². The molecule has 0 radical (unpaired) electrons. The number of nitrogens with zero attached hydrogens (tertiary/aromatic N) is 2. The van der Waals surface area contributed by atoms with Gasteiger partial charge in [-0.25, -0.2) is 0 Å². The van der Waals surface area contributed by atoms with Gasteiger partial charge >= 0.3 is 0 Å². The predicted octanol–water partition coefficient (Wildman–Crippen LogP) is 2.73. The van der Waals surface area contributed by atoms with Crippen LogP contribution in [0.4, 0.5) is 5.69 Å². The van der Waals surface area contributed by atoms with Crippen LogP contribution < -0.4 is 20.9 Å². The second kappa shape index (κ2) is 11.6. The van der Waals surface area contributed by atoms with Gasteiger partial charge in [0.25, 0.3) is 0 Å². The van der Waals surface area contributed by atoms with Crippen molar-refractivity contribution < 1.29 is 4.79 Å². The van der Waals surface area contributed by atoms with E-state index in [4.69, 9.17) is 0 Å². The molecule has 1 aromatic rings. The van der Waals surface area contributed by atoms with Gasteiger partial charge < -0.3 is 20.9 Å². The number of rotatable bonds is 6. The molecule has 146 valence electrons. The fourth-order valence-corrected chi connectivity index (χ4v) is 3.11. The molecule has 1 heterocycles. The van der Waals surface area contributed by atoms with Crippen LogP contribution in [0.3, 0.4) is 0 Å². The molecular weight excluding hydrogens is 509 g/mol. The number of anilines is 1. The van der Waals surface area contributed by atoms with Crippen molar-refractivity contribution in [1.82, 2.24) is 16.0 Å². The first-order chi connectivity index (χ1) is 12.0. The third-order valence-corrected chi connectivity index (χ3v) is 4.57. The lowest BCUT2D eigenvalue weighted by atomic mass is 10.2. The van der Waals surface area contributed by atoms with Gasteiger partial charge in [-0.05, 0) is 44.5 Å². The number of carbonyl (C=O) groups is 1. The van der Waals surface area contributed by atoms with E-state index in [1.165, 1.54) is 5.69 Å². The van der Waals surface area contributed by atoms with Crippen molar-refractivity contribution in [2.45, 2.75) is 38.8 Å². The summed E-state index contributed by atoms with van der Waals surface area (Å²) in [5, 5.41) is 9.55. The van der Waals surface area contributed by atoms with Gasteiger partial charge in [-0.2, -0.15) is 0 Å². The van der Waals surface area contributed by atoms with Crippen LogP contribution in [0.2, 0.25) is 0 Å². The summed E-state index contributed by atoms with van der Waals surface area (Å²) in [7, 11) is 1.75. The molecule has 1 unspecified atom stereocenters. The van der Waals surface area contributed by atoms with E-state index in [9.17, 15) is 4.79 Å². The largest absolute Gasteiger partial charge is 0.369 e. The minimum absolute atomic E-state index is 0. The zero-order valence-corrected chi connectivity index (χ0v) is 19.5. The summed E-state index contributed by atoms with van der Waals surface area (Å²) in [4.78, 5) is 18.3. The third kappa shape index (κ3) is 7.69. The lowest BCUT2D eigenvalue weighted by Crippen LogP contribution is -2.45. The van der Waals surface area contributed by atoms with Gasteiger partial charge in [-0.15, -0.1) is 24.0 Å². The number of aliphatic imine (C=N–C) groups is 1. The van der Waals surface area contributed by atoms with E-state index >= 15 is 0 Å². The number of benzene rings is 1. The zero-order valence-electron chi connectivity index (χ0n) is 15.6. The molecule has 1 atom stereocenters. The molecule has 0 spiro atoms. The maximum Gasteiger partial charge on any atom is 0.221 e. The highest BCUT2D eigenvalue weighted by Crippen LogP contribution is 2.22. The number of hydrogen-bond donors (Lipinski definition) is 3. The Labute approximate surface area is 181 Å². The number of guanidine groups is 1. The van der Waals surface area contributed by atoms with Gasteiger partial charge in [0, 0.05) is 55.3 Å². The molecule has 0 saturated carbocycles. The molecule has 1 aliphatic heterocycles. The Kier molecular flexibility index (Phi) is 10.3. The molecule has 6 nitrogen and oxygen atoms in total. The molecule has 1 amide bonds. The van der Waals surface area contributed by atoms with Crippen LogP contribution in [0.25, 0.3) is 0 Å². The monoisotopic (exact) mass is 537 g/mol. The smallest absolute Gasteiger partial charge is 0.221 e. The lowest BCUT2D eigenvalue weighted by molar-refractivity contribution is -0.121. The van der Waals surface area contributed by atoms with Gasteiger partial charge in [0.15, 0.2) is 5.96 Å². The highest BCUT2D eigenvalue weighted by atomic mass is 127. The summed E-state index contributed by atoms with van der Waals surface area (Å²) in [6.07, 6.45) is 1.50. The van der Waals surface area contributed by atoms with Crippen LogP contribution in [0.5, 0.6) is 0 Å². The molecule has 0 aromatic heterocycles. The second-order valence-electron chi connectivity index (χ2n) is 6.52. The molecule has 0 bridgehead atoms. The van der Waals surface area contributed by atoms with Crippen molar-refractivity contribution in [2.24, 2.45) is 4.99 Å². The maximum atomic E-state index is 11.7. The van der Waals surface area contributed by atoms with Crippen LogP contribution in [0, 0.1) is 0 Å². The molecule has 2 rings (SSSR count). The van der Waals surface area contributed by atoms with Crippen molar-refractivity contribution in [3.05, 3.63) is 28.7 Å². The van der Waals surface area contributed by atoms with Crippen molar-refractivity contribution in [1.29, 1.82) is 0 Å². The minimum atomic E-state index is 0. The summed E-state index contributed by atoms with van der Waals surface area (Å²) < 4.78 is 1.09. The molecule has 3 N–H and O–H groups in total. The SMILES string of the molecule is CN=C(NCCC(=O)NC(C)C)NC1CCN(c2ccc(Br)cc2)C1.I. The summed E-state index contributed by atoms with van der Waals surface area (Å²) in [5.41, 5.74) is 1.24. The zero-order chi connectivity index (χ0) is 18.2. The third-order valence-electron chi connectivity index (χ3n) is 4.04. The standard InChI is InChI=1S/C18H28BrN5O.HI/c1-13(2)22-17(25)8-10-21-18(20-3)23-15-9-11-24(12-15)16-6-4-14(19)5-7-16;/h4-7,13,15H,8-12H2,1-3H3,(H,22,25)(H2,20,21,23);1H. The highest BCUT2D eigenvalue weighted by molar-refractivity contribution is 14.0. The van der Waals surface area contributed by atoms with E-state index in [0.717, 1.165) is 29.9 Å². The van der Waals surface area contributed by atoms with E-state index in [1.54, 1.807) is 7.05 Å². The number of halogens is 2. The van der Waals surface area contributed by atoms with Crippen LogP contribution >= 0.6 is 39.9 Å². The molecule has 1 fully saturated rings. The fraction of sp³-hybridized carbons (Fsp3) is 0.556. The number of nitrogens with one attached hydrogen (secondary N) is 3. The van der Waals surface area contributed by atoms with Crippen LogP contribution in [-0.4, -0.2) is 50.6 Å². The molecule has 8 heteroatoms. The number of carbonyl (C=O) groups excluding carboxylic acids is 1. The van der Waals surface area contributed by atoms with Crippen LogP contribution in [0.15, 0.2) is 33.7 Å². The normalized spacial score (nSPS) is 17.0. The van der Waals surface area contributed by atoms with E-state index in [2.05, 4.69) is 66.0 Å². The Morgan fingerprint density at radius 1 is 1.35 bits per heavy atom. The Bertz CT molecular complexity index is 594. The highest BCUT2D eigenvalue weighted by Gasteiger charge is 2.23. The molecular formula is C18H29BrIN5O. The molecule has 1 aliphatic rings. The van der Waals surface area contributed by atoms with Gasteiger partial charge in [-0.3, -0.25) is 9.79 Å². The van der Waals surface area contributed by atoms with Crippen molar-refractivity contribution in [3.63, 3.8) is 0 Å². The minimum Gasteiger partial charge on any atom is -0.369 e. The molecule has 1 saturated heterocycles. The number of hydrogen-bond acceptors (Lipinski definition) is 3. The van der Waals surface area contributed by atoms with E-state index < -0.39 is 0 Å². The average Bonchev–Trinajstić information content (AvgIpc) is 3.02. The second-order valence-corrected chi connectivity index (χ2v) is 7.44. The molecule has 26 heavy (non-hydrogen) atoms.